The standard InChI is InChI=1S/C18H22N10/c1-21-8-12(6-19)15-10-25-18(27-16-11-23-14(7-20)9-24-16)28-17(15)26-13-2-4-22-5-3-13/h6,8-11,13,22H,2-5,19H2,1H3,(H2,24,25,26,27,28). The lowest BCUT2D eigenvalue weighted by Crippen LogP contribution is -2.35. The van der Waals surface area contributed by atoms with Crippen LogP contribution in [-0.4, -0.2) is 52.3 Å². The molecule has 1 aliphatic heterocycles. The van der Waals surface area contributed by atoms with Gasteiger partial charge in [-0.25, -0.2) is 15.0 Å². The number of hydrogen-bond donors (Lipinski definition) is 4. The van der Waals surface area contributed by atoms with E-state index in [0.717, 1.165) is 37.1 Å². The fourth-order valence-corrected chi connectivity index (χ4v) is 2.83. The molecule has 0 unspecified atom stereocenters. The summed E-state index contributed by atoms with van der Waals surface area (Å²) < 4.78 is 0. The fraction of sp³-hybridized carbons (Fsp3) is 0.333. The molecule has 0 atom stereocenters. The predicted octanol–water partition coefficient (Wildman–Crippen LogP) is 1.05. The van der Waals surface area contributed by atoms with Crippen LogP contribution in [-0.2, 0) is 0 Å². The third kappa shape index (κ3) is 4.77. The van der Waals surface area contributed by atoms with E-state index in [-0.39, 0.29) is 5.69 Å². The Morgan fingerprint density at radius 1 is 1.29 bits per heavy atom. The highest BCUT2D eigenvalue weighted by Crippen LogP contribution is 2.24. The van der Waals surface area contributed by atoms with Gasteiger partial charge in [0.25, 0.3) is 0 Å². The third-order valence-corrected chi connectivity index (χ3v) is 4.23. The zero-order valence-electron chi connectivity index (χ0n) is 15.6. The molecule has 1 saturated heterocycles. The van der Waals surface area contributed by atoms with Crippen LogP contribution in [0.3, 0.4) is 0 Å². The van der Waals surface area contributed by atoms with Gasteiger partial charge >= 0.3 is 0 Å². The summed E-state index contributed by atoms with van der Waals surface area (Å²) in [7, 11) is 1.68. The maximum absolute atomic E-state index is 8.82. The van der Waals surface area contributed by atoms with E-state index in [1.165, 1.54) is 18.6 Å². The number of anilines is 3. The van der Waals surface area contributed by atoms with Crippen LogP contribution in [0.15, 0.2) is 29.8 Å². The fourth-order valence-electron chi connectivity index (χ4n) is 2.83. The third-order valence-electron chi connectivity index (χ3n) is 4.23. The van der Waals surface area contributed by atoms with Crippen molar-refractivity contribution in [3.8, 4) is 6.07 Å². The van der Waals surface area contributed by atoms with Crippen molar-refractivity contribution in [1.29, 1.82) is 5.26 Å². The Bertz CT molecular complexity index is 892. The van der Waals surface area contributed by atoms with Crippen LogP contribution in [0.4, 0.5) is 17.6 Å². The van der Waals surface area contributed by atoms with Crippen molar-refractivity contribution in [3.05, 3.63) is 36.0 Å². The molecule has 5 N–H and O–H groups in total. The SMILES string of the molecule is CN=CC(=CN)c1cnc(Nc2cnc(C#N)cn2)nc1NC1CCNCC1. The maximum Gasteiger partial charge on any atom is 0.230 e. The first-order valence-electron chi connectivity index (χ1n) is 8.91. The van der Waals surface area contributed by atoms with Gasteiger partial charge in [-0.1, -0.05) is 0 Å². The van der Waals surface area contributed by atoms with Crippen LogP contribution in [0, 0.1) is 11.3 Å². The first-order chi connectivity index (χ1) is 13.7. The number of nitrogens with zero attached hydrogens (tertiary/aromatic N) is 6. The zero-order chi connectivity index (χ0) is 19.8. The Morgan fingerprint density at radius 2 is 2.11 bits per heavy atom. The molecule has 144 valence electrons. The Hall–Kier alpha value is -3.58. The number of hydrogen-bond acceptors (Lipinski definition) is 10. The average molecular weight is 378 g/mol. The van der Waals surface area contributed by atoms with Gasteiger partial charge in [-0.05, 0) is 25.9 Å². The number of allylic oxidation sites excluding steroid dienone is 1. The van der Waals surface area contributed by atoms with Crippen molar-refractivity contribution in [3.63, 3.8) is 0 Å². The summed E-state index contributed by atoms with van der Waals surface area (Å²) in [6, 6.07) is 2.23. The van der Waals surface area contributed by atoms with E-state index in [1.807, 2.05) is 6.07 Å². The van der Waals surface area contributed by atoms with Gasteiger partial charge in [0.1, 0.15) is 11.9 Å². The molecular formula is C18H22N10. The summed E-state index contributed by atoms with van der Waals surface area (Å²) in [5.41, 5.74) is 7.51. The first kappa shape index (κ1) is 19.2. The molecule has 10 nitrogen and oxygen atoms in total. The summed E-state index contributed by atoms with van der Waals surface area (Å²) >= 11 is 0. The number of nitrogens with two attached hydrogens (primary N) is 1. The first-order valence-corrected chi connectivity index (χ1v) is 8.91. The van der Waals surface area contributed by atoms with Crippen molar-refractivity contribution in [2.75, 3.05) is 30.8 Å². The summed E-state index contributed by atoms with van der Waals surface area (Å²) in [5, 5.41) is 18.7. The van der Waals surface area contributed by atoms with Gasteiger partial charge in [0.15, 0.2) is 11.5 Å². The van der Waals surface area contributed by atoms with Crippen LogP contribution in [0.1, 0.15) is 24.1 Å². The molecule has 0 bridgehead atoms. The molecule has 10 heteroatoms. The van der Waals surface area contributed by atoms with Crippen molar-refractivity contribution >= 4 is 29.4 Å². The highest BCUT2D eigenvalue weighted by atomic mass is 15.2. The molecule has 2 aromatic heterocycles. The lowest BCUT2D eigenvalue weighted by atomic mass is 10.1. The Balaban J connectivity index is 1.89. The largest absolute Gasteiger partial charge is 0.404 e. The van der Waals surface area contributed by atoms with E-state index in [1.54, 1.807) is 19.5 Å². The van der Waals surface area contributed by atoms with Gasteiger partial charge in [-0.15, -0.1) is 0 Å². The molecule has 1 aliphatic rings. The molecule has 2 aromatic rings. The normalized spacial score (nSPS) is 15.4. The average Bonchev–Trinajstić information content (AvgIpc) is 2.74. The van der Waals surface area contributed by atoms with Crippen LogP contribution in [0.25, 0.3) is 5.57 Å². The van der Waals surface area contributed by atoms with E-state index in [2.05, 4.69) is 40.9 Å². The number of rotatable bonds is 6. The van der Waals surface area contributed by atoms with Crippen LogP contribution in [0.2, 0.25) is 0 Å². The molecule has 3 rings (SSSR count). The van der Waals surface area contributed by atoms with E-state index < -0.39 is 0 Å². The number of nitriles is 1. The quantitative estimate of drug-likeness (QED) is 0.541. The monoisotopic (exact) mass is 378 g/mol. The van der Waals surface area contributed by atoms with Crippen molar-refractivity contribution in [2.24, 2.45) is 10.7 Å². The molecule has 0 spiro atoms. The topological polar surface area (TPSA) is 150 Å². The lowest BCUT2D eigenvalue weighted by Gasteiger charge is -2.25. The maximum atomic E-state index is 8.82. The van der Waals surface area contributed by atoms with Crippen LogP contribution in [0.5, 0.6) is 0 Å². The molecule has 1 fully saturated rings. The molecule has 0 radical (unpaired) electrons. The van der Waals surface area contributed by atoms with Crippen molar-refractivity contribution in [2.45, 2.75) is 18.9 Å². The molecule has 0 amide bonds. The Morgan fingerprint density at radius 3 is 2.75 bits per heavy atom. The minimum absolute atomic E-state index is 0.242. The number of nitrogens with one attached hydrogen (secondary N) is 3. The molecular weight excluding hydrogens is 356 g/mol. The predicted molar refractivity (Wildman–Crippen MR) is 108 cm³/mol. The van der Waals surface area contributed by atoms with E-state index >= 15 is 0 Å². The number of aromatic nitrogens is 4. The van der Waals surface area contributed by atoms with Gasteiger partial charge in [0.05, 0.1) is 12.4 Å². The Kier molecular flexibility index (Phi) is 6.43. The summed E-state index contributed by atoms with van der Waals surface area (Å²) in [6.45, 7) is 1.92. The van der Waals surface area contributed by atoms with Crippen molar-refractivity contribution < 1.29 is 0 Å². The molecule has 0 aliphatic carbocycles. The van der Waals surface area contributed by atoms with Gasteiger partial charge in [0, 0.05) is 42.8 Å². The second-order valence-electron chi connectivity index (χ2n) is 6.16. The van der Waals surface area contributed by atoms with E-state index in [9.17, 15) is 0 Å². The molecule has 3 heterocycles. The van der Waals surface area contributed by atoms with Gasteiger partial charge in [-0.2, -0.15) is 10.2 Å². The van der Waals surface area contributed by atoms with Gasteiger partial charge in [0.2, 0.25) is 5.95 Å². The smallest absolute Gasteiger partial charge is 0.230 e. The van der Waals surface area contributed by atoms with Crippen LogP contribution < -0.4 is 21.7 Å². The minimum Gasteiger partial charge on any atom is -0.404 e. The summed E-state index contributed by atoms with van der Waals surface area (Å²) in [6.07, 6.45) is 9.69. The second kappa shape index (κ2) is 9.38. The van der Waals surface area contributed by atoms with E-state index in [0.29, 0.717) is 23.6 Å². The molecule has 0 saturated carbocycles. The van der Waals surface area contributed by atoms with Gasteiger partial charge < -0.3 is 21.7 Å². The number of piperidine rings is 1. The zero-order valence-corrected chi connectivity index (χ0v) is 15.6. The van der Waals surface area contributed by atoms with Crippen LogP contribution >= 0.6 is 0 Å². The molecule has 28 heavy (non-hydrogen) atoms. The molecule has 0 aromatic carbocycles. The Labute approximate surface area is 163 Å². The van der Waals surface area contributed by atoms with E-state index in [4.69, 9.17) is 11.0 Å². The number of aliphatic imine (C=N–C) groups is 1. The van der Waals surface area contributed by atoms with Crippen molar-refractivity contribution in [1.82, 2.24) is 25.3 Å². The highest BCUT2D eigenvalue weighted by molar-refractivity contribution is 6.11. The van der Waals surface area contributed by atoms with Gasteiger partial charge in [-0.3, -0.25) is 4.99 Å². The summed E-state index contributed by atoms with van der Waals surface area (Å²) in [4.78, 5) is 21.1. The summed E-state index contributed by atoms with van der Waals surface area (Å²) in [5.74, 6) is 1.48. The second-order valence-corrected chi connectivity index (χ2v) is 6.16. The lowest BCUT2D eigenvalue weighted by molar-refractivity contribution is 0.478. The minimum atomic E-state index is 0.242. The highest BCUT2D eigenvalue weighted by Gasteiger charge is 2.17.